The van der Waals surface area contributed by atoms with Crippen molar-refractivity contribution in [2.24, 2.45) is 27.6 Å². The molecular formula is C123H191N3O15S3. The van der Waals surface area contributed by atoms with Crippen LogP contribution in [-0.2, 0) is 73.0 Å². The molecule has 2 aliphatic rings. The number of ether oxygens (including phenoxy) is 10. The van der Waals surface area contributed by atoms with Gasteiger partial charge in [-0.05, 0) is 242 Å². The average Bonchev–Trinajstić information content (AvgIpc) is 0.845. The molecular weight excluding hydrogens is 1860 g/mol. The van der Waals surface area contributed by atoms with Gasteiger partial charge < -0.3 is 47.4 Å². The molecule has 2 aliphatic heterocycles. The van der Waals surface area contributed by atoms with Crippen LogP contribution in [0.15, 0.2) is 267 Å². The van der Waals surface area contributed by atoms with Gasteiger partial charge in [-0.1, -0.05) is 383 Å². The third-order valence-electron chi connectivity index (χ3n) is 22.5. The number of hydrogen-bond donors (Lipinski definition) is 0. The van der Waals surface area contributed by atoms with Gasteiger partial charge in [0.05, 0.1) is 93.6 Å². The Morgan fingerprint density at radius 3 is 0.938 bits per heavy atom. The zero-order valence-electron chi connectivity index (χ0n) is 95.0. The van der Waals surface area contributed by atoms with E-state index in [-0.39, 0.29) is 76.1 Å². The van der Waals surface area contributed by atoms with E-state index in [0.29, 0.717) is 36.8 Å². The maximum absolute atomic E-state index is 10.8. The van der Waals surface area contributed by atoms with E-state index >= 15 is 0 Å². The van der Waals surface area contributed by atoms with Gasteiger partial charge in [-0.3, -0.25) is 24.0 Å². The van der Waals surface area contributed by atoms with Crippen molar-refractivity contribution in [1.82, 2.24) is 15.0 Å². The fraction of sp³-hybridized carbons (Fsp3) is 0.512. The Labute approximate surface area is 888 Å². The number of esters is 5. The third kappa shape index (κ3) is 70.9. The maximum atomic E-state index is 10.8. The summed E-state index contributed by atoms with van der Waals surface area (Å²) in [6, 6.07) is 69.6. The van der Waals surface area contributed by atoms with Crippen LogP contribution in [0.3, 0.4) is 0 Å². The number of methoxy groups -OCH3 is 4. The Balaban J connectivity index is -0.000000486. The summed E-state index contributed by atoms with van der Waals surface area (Å²) >= 11 is 5.00. The van der Waals surface area contributed by atoms with Crippen LogP contribution in [0.25, 0.3) is 18.2 Å². The molecule has 0 spiro atoms. The van der Waals surface area contributed by atoms with Crippen LogP contribution in [0.2, 0.25) is 0 Å². The quantitative estimate of drug-likeness (QED) is 0.0171. The number of carbonyl (C=O) groups is 5. The second kappa shape index (κ2) is 89.7. The van der Waals surface area contributed by atoms with E-state index < -0.39 is 0 Å². The normalized spacial score (nSPS) is 15.0. The first-order valence-corrected chi connectivity index (χ1v) is 54.3. The summed E-state index contributed by atoms with van der Waals surface area (Å²) in [6.45, 7) is 77.0. The van der Waals surface area contributed by atoms with Gasteiger partial charge >= 0.3 is 29.8 Å². The SMILES string of the molecule is C=CC.C=CC.C=Cc1ccccc1.C=Cc1ccccc1.C=Cc1ccccc1.CCC(C)(C)C(=O)OC.CCC(C)(C)C(=O)OC.CCC(C)(C)C(=O)OC.CCC(C)(C)C(=O)OC.CCC(C)c1ccccc1.CCC1CC(C)OC(Cc2ccccc2)O1.CCC1CC(C)OC(c2ccccc2)O1.CCOC(=O)C(C)CC.CCOc1ccc(C(C)CC)cc1.CCSc1nc(SCC)nc(SCC)n1. The largest absolute Gasteiger partial charge is 0.494 e. The van der Waals surface area contributed by atoms with Crippen LogP contribution < -0.4 is 4.74 Å². The summed E-state index contributed by atoms with van der Waals surface area (Å²) in [4.78, 5) is 67.3. The van der Waals surface area contributed by atoms with E-state index in [1.54, 1.807) is 47.4 Å². The predicted molar refractivity (Wildman–Crippen MR) is 616 cm³/mol. The molecule has 10 rings (SSSR count). The number of aromatic nitrogens is 3. The van der Waals surface area contributed by atoms with Crippen LogP contribution >= 0.6 is 35.3 Å². The lowest BCUT2D eigenvalue weighted by atomic mass is 9.91. The molecule has 8 aromatic rings. The van der Waals surface area contributed by atoms with Gasteiger partial charge in [0.1, 0.15) is 5.75 Å². The lowest BCUT2D eigenvalue weighted by molar-refractivity contribution is -0.243. The molecule has 2 fully saturated rings. The number of rotatable bonds is 31. The second-order valence-corrected chi connectivity index (χ2v) is 39.4. The van der Waals surface area contributed by atoms with Crippen molar-refractivity contribution in [2.45, 2.75) is 342 Å². The molecule has 21 heteroatoms. The highest BCUT2D eigenvalue weighted by Crippen LogP contribution is 2.32. The van der Waals surface area contributed by atoms with Gasteiger partial charge in [0.25, 0.3) is 0 Å². The first kappa shape index (κ1) is 143. The van der Waals surface area contributed by atoms with Crippen molar-refractivity contribution in [2.75, 3.05) is 58.9 Å². The molecule has 806 valence electrons. The van der Waals surface area contributed by atoms with E-state index in [0.717, 1.165) is 115 Å². The monoisotopic (exact) mass is 2050 g/mol. The number of carbonyl (C=O) groups excluding carboxylic acids is 5. The Hall–Kier alpha value is -9.71. The summed E-state index contributed by atoms with van der Waals surface area (Å²) in [5.74, 6) is 4.75. The predicted octanol–water partition coefficient (Wildman–Crippen LogP) is 33.8. The van der Waals surface area contributed by atoms with Gasteiger partial charge in [-0.25, -0.2) is 0 Å². The molecule has 9 unspecified atom stereocenters. The highest BCUT2D eigenvalue weighted by atomic mass is 32.2. The summed E-state index contributed by atoms with van der Waals surface area (Å²) in [7, 11) is 5.67. The Morgan fingerprint density at radius 2 is 0.681 bits per heavy atom. The molecule has 1 aromatic heterocycles. The smallest absolute Gasteiger partial charge is 0.311 e. The van der Waals surface area contributed by atoms with Crippen molar-refractivity contribution >= 4 is 83.4 Å². The van der Waals surface area contributed by atoms with Crippen LogP contribution in [-0.4, -0.2) is 134 Å². The molecule has 0 saturated carbocycles. The van der Waals surface area contributed by atoms with Gasteiger partial charge in [0.15, 0.2) is 28.0 Å². The van der Waals surface area contributed by atoms with Gasteiger partial charge in [-0.15, -0.1) is 13.2 Å². The van der Waals surface area contributed by atoms with Crippen molar-refractivity contribution in [1.29, 1.82) is 0 Å². The van der Waals surface area contributed by atoms with Crippen LogP contribution in [0.5, 0.6) is 5.75 Å². The lowest BCUT2D eigenvalue weighted by Gasteiger charge is -2.34. The standard InChI is InChI=1S/C14H20O2.C13H18O2.C12H18O.C10H14.C9H15N3S3.3C8H8.5C7H14O2.2C3H6/c1-3-13-9-11(2)15-14(16-13)10-12-7-5-4-6-8-12;1-3-12-9-10(2)14-13(15-12)11-7-5-4-6-8-11;1-4-10(3)11-6-8-12(9-7-11)13-5-2;1-3-9(2)10-7-5-4-6-8-10;1-4-13-7-10-8(14-5-2)12-9(11-7)15-6-3;3*1-2-8-6-4-3-5-7-8;4*1-5-7(2,3)6(8)9-4;1-4-6(3)7(8)9-5-2;2*1-3-2/h4-8,11,13-14H,3,9-10H2,1-2H3;4-8,10,12-13H,3,9H2,1-2H3;6-10H,4-5H2,1-3H3;4-9H,3H2,1-2H3;4-6H2,1-3H3;3*2-7H,1H2;4*5H2,1-4H3;6H,4-5H2,1-3H3;2*3H,1H2,2H3. The van der Waals surface area contributed by atoms with Gasteiger partial charge in [0.2, 0.25) is 0 Å². The molecule has 0 aliphatic carbocycles. The Bertz CT molecular complexity index is 4210. The zero-order chi connectivity index (χ0) is 110. The number of nitrogens with zero attached hydrogens (tertiary/aromatic N) is 3. The minimum atomic E-state index is -0.311. The van der Waals surface area contributed by atoms with E-state index in [2.05, 4.69) is 222 Å². The second-order valence-electron chi connectivity index (χ2n) is 35.7. The number of allylic oxidation sites excluding steroid dienone is 2. The van der Waals surface area contributed by atoms with E-state index in [1.165, 1.54) is 74.7 Å². The fourth-order valence-corrected chi connectivity index (χ4v) is 13.1. The van der Waals surface area contributed by atoms with E-state index in [4.69, 9.17) is 28.4 Å². The third-order valence-corrected chi connectivity index (χ3v) is 24.6. The molecule has 9 atom stereocenters. The summed E-state index contributed by atoms with van der Waals surface area (Å²) in [6.07, 6.45) is 21.6. The molecule has 2 saturated heterocycles. The molecule has 0 radical (unpaired) electrons. The highest BCUT2D eigenvalue weighted by molar-refractivity contribution is 8.00. The van der Waals surface area contributed by atoms with Crippen molar-refractivity contribution in [3.8, 4) is 5.75 Å². The summed E-state index contributed by atoms with van der Waals surface area (Å²) in [5.41, 5.74) is 7.51. The van der Waals surface area contributed by atoms with Gasteiger partial charge in [-0.2, -0.15) is 15.0 Å². The average molecular weight is 2050 g/mol. The van der Waals surface area contributed by atoms with Crippen molar-refractivity contribution in [3.63, 3.8) is 0 Å². The molecule has 7 aromatic carbocycles. The number of benzene rings is 7. The minimum absolute atomic E-state index is 0.0601. The van der Waals surface area contributed by atoms with Crippen molar-refractivity contribution < 1.29 is 71.3 Å². The highest BCUT2D eigenvalue weighted by Gasteiger charge is 2.31. The number of hydrogen-bond acceptors (Lipinski definition) is 21. The first-order valence-electron chi connectivity index (χ1n) is 51.3. The Kier molecular flexibility index (Phi) is 88.9. The first-order chi connectivity index (χ1) is 68.5. The molecule has 3 heterocycles. The molecule has 144 heavy (non-hydrogen) atoms. The zero-order valence-corrected chi connectivity index (χ0v) is 97.4. The van der Waals surface area contributed by atoms with Gasteiger partial charge in [0, 0.05) is 12.0 Å². The summed E-state index contributed by atoms with van der Waals surface area (Å²) in [5, 5.41) is 2.54. The Morgan fingerprint density at radius 1 is 0.389 bits per heavy atom. The van der Waals surface area contributed by atoms with Crippen LogP contribution in [0.4, 0.5) is 0 Å². The molecule has 0 N–H and O–H groups in total. The fourth-order valence-electron chi connectivity index (χ4n) is 11.2. The van der Waals surface area contributed by atoms with Crippen molar-refractivity contribution in [3.05, 3.63) is 290 Å². The molecule has 0 bridgehead atoms. The minimum Gasteiger partial charge on any atom is -0.494 e. The summed E-state index contributed by atoms with van der Waals surface area (Å²) < 4.78 is 51.7. The van der Waals surface area contributed by atoms with Crippen LogP contribution in [0, 0.1) is 27.6 Å². The van der Waals surface area contributed by atoms with E-state index in [1.807, 2.05) is 270 Å². The topological polar surface area (TPSA) is 216 Å². The lowest BCUT2D eigenvalue weighted by Crippen LogP contribution is -2.37. The molecule has 18 nitrogen and oxygen atoms in total. The maximum Gasteiger partial charge on any atom is 0.311 e. The molecule has 0 amide bonds. The van der Waals surface area contributed by atoms with E-state index in [9.17, 15) is 24.0 Å². The van der Waals surface area contributed by atoms with Crippen LogP contribution in [0.1, 0.15) is 328 Å². The number of thioether (sulfide) groups is 3.